The first-order valence-corrected chi connectivity index (χ1v) is 6.66. The lowest BCUT2D eigenvalue weighted by Gasteiger charge is -2.12. The van der Waals surface area contributed by atoms with Gasteiger partial charge in [0.15, 0.2) is 11.2 Å². The summed E-state index contributed by atoms with van der Waals surface area (Å²) >= 11 is 0. The number of fused-ring (bicyclic) bond motifs is 1. The first-order chi connectivity index (χ1) is 10.5. The van der Waals surface area contributed by atoms with E-state index < -0.39 is 17.4 Å². The molecule has 1 aromatic carbocycles. The van der Waals surface area contributed by atoms with Crippen LogP contribution in [0.4, 0.5) is 0 Å². The average molecular weight is 298 g/mol. The van der Waals surface area contributed by atoms with Gasteiger partial charge in [-0.05, 0) is 5.56 Å². The largest absolute Gasteiger partial charge is 0.382 e. The molecule has 0 amide bonds. The molecule has 0 spiro atoms. The average Bonchev–Trinajstić information content (AvgIpc) is 2.57. The van der Waals surface area contributed by atoms with Crippen LogP contribution in [0.15, 0.2) is 46.1 Å². The van der Waals surface area contributed by atoms with Gasteiger partial charge in [0.25, 0.3) is 5.56 Å². The molecule has 2 aromatic heterocycles. The van der Waals surface area contributed by atoms with E-state index in [9.17, 15) is 14.7 Å². The Balaban J connectivity index is 2.23. The molecule has 0 saturated carbocycles. The molecule has 3 aromatic rings. The SMILES string of the molecule is Cn1c(=O)c2ncc(C(O)c3ccccc3)nc2n(C)c1=O. The molecule has 2 heterocycles. The van der Waals surface area contributed by atoms with Crippen LogP contribution < -0.4 is 11.2 Å². The van der Waals surface area contributed by atoms with Gasteiger partial charge < -0.3 is 5.11 Å². The fraction of sp³-hybridized carbons (Fsp3) is 0.200. The lowest BCUT2D eigenvalue weighted by atomic mass is 10.1. The monoisotopic (exact) mass is 298 g/mol. The minimum atomic E-state index is -0.975. The normalized spacial score (nSPS) is 12.5. The molecule has 1 atom stereocenters. The van der Waals surface area contributed by atoms with Gasteiger partial charge >= 0.3 is 5.69 Å². The van der Waals surface area contributed by atoms with E-state index in [4.69, 9.17) is 0 Å². The smallest absolute Gasteiger partial charge is 0.332 e. The Hall–Kier alpha value is -2.80. The molecule has 22 heavy (non-hydrogen) atoms. The van der Waals surface area contributed by atoms with Gasteiger partial charge in [0.05, 0.1) is 11.9 Å². The van der Waals surface area contributed by atoms with E-state index in [1.807, 2.05) is 6.07 Å². The van der Waals surface area contributed by atoms with Gasteiger partial charge in [-0.25, -0.2) is 14.8 Å². The number of benzene rings is 1. The van der Waals surface area contributed by atoms with E-state index in [2.05, 4.69) is 9.97 Å². The van der Waals surface area contributed by atoms with Crippen molar-refractivity contribution in [1.82, 2.24) is 19.1 Å². The van der Waals surface area contributed by atoms with Crippen LogP contribution in [0.5, 0.6) is 0 Å². The van der Waals surface area contributed by atoms with E-state index >= 15 is 0 Å². The van der Waals surface area contributed by atoms with Crippen LogP contribution in [0.3, 0.4) is 0 Å². The summed E-state index contributed by atoms with van der Waals surface area (Å²) in [5.74, 6) is 0. The molecule has 0 aliphatic heterocycles. The first kappa shape index (κ1) is 14.2. The minimum Gasteiger partial charge on any atom is -0.382 e. The molecule has 1 N–H and O–H groups in total. The van der Waals surface area contributed by atoms with Gasteiger partial charge in [-0.2, -0.15) is 0 Å². The number of rotatable bonds is 2. The van der Waals surface area contributed by atoms with E-state index in [-0.39, 0.29) is 16.9 Å². The molecule has 0 radical (unpaired) electrons. The number of aryl methyl sites for hydroxylation is 1. The maximum atomic E-state index is 12.0. The lowest BCUT2D eigenvalue weighted by Crippen LogP contribution is -2.37. The van der Waals surface area contributed by atoms with Crippen LogP contribution >= 0.6 is 0 Å². The van der Waals surface area contributed by atoms with Crippen molar-refractivity contribution in [2.45, 2.75) is 6.10 Å². The van der Waals surface area contributed by atoms with Gasteiger partial charge in [-0.3, -0.25) is 13.9 Å². The Morgan fingerprint density at radius 2 is 1.77 bits per heavy atom. The molecule has 0 saturated heterocycles. The minimum absolute atomic E-state index is 0.0913. The van der Waals surface area contributed by atoms with Crippen LogP contribution in [0, 0.1) is 0 Å². The van der Waals surface area contributed by atoms with Crippen LogP contribution in [-0.4, -0.2) is 24.2 Å². The molecule has 7 nitrogen and oxygen atoms in total. The van der Waals surface area contributed by atoms with Crippen molar-refractivity contribution in [2.24, 2.45) is 14.1 Å². The highest BCUT2D eigenvalue weighted by Gasteiger charge is 2.16. The Bertz CT molecular complexity index is 960. The molecule has 0 bridgehead atoms. The molecule has 112 valence electrons. The summed E-state index contributed by atoms with van der Waals surface area (Å²) in [6.07, 6.45) is 0.378. The molecule has 0 aliphatic carbocycles. The highest BCUT2D eigenvalue weighted by atomic mass is 16.3. The van der Waals surface area contributed by atoms with Crippen molar-refractivity contribution in [2.75, 3.05) is 0 Å². The van der Waals surface area contributed by atoms with Gasteiger partial charge in [-0.1, -0.05) is 30.3 Å². The number of aliphatic hydroxyl groups excluding tert-OH is 1. The number of hydrogen-bond acceptors (Lipinski definition) is 5. The van der Waals surface area contributed by atoms with E-state index in [0.717, 1.165) is 4.57 Å². The van der Waals surface area contributed by atoms with Gasteiger partial charge in [0, 0.05) is 14.1 Å². The standard InChI is InChI=1S/C15H14N4O3/c1-18-13-11(14(21)19(2)15(18)22)16-8-10(17-13)12(20)9-6-4-3-5-7-9/h3-8,12,20H,1-2H3. The second kappa shape index (κ2) is 5.19. The van der Waals surface area contributed by atoms with Crippen LogP contribution in [0.25, 0.3) is 11.2 Å². The second-order valence-corrected chi connectivity index (χ2v) is 4.99. The molecule has 7 heteroatoms. The third kappa shape index (κ3) is 2.11. The number of aliphatic hydroxyl groups is 1. The topological polar surface area (TPSA) is 90.0 Å². The predicted octanol–water partition coefficient (Wildman–Crippen LogP) is 0.109. The van der Waals surface area contributed by atoms with Gasteiger partial charge in [0.1, 0.15) is 6.10 Å². The zero-order valence-electron chi connectivity index (χ0n) is 12.1. The Morgan fingerprint density at radius 1 is 1.09 bits per heavy atom. The number of aromatic nitrogens is 4. The van der Waals surface area contributed by atoms with Crippen molar-refractivity contribution in [3.63, 3.8) is 0 Å². The molecular weight excluding hydrogens is 284 g/mol. The third-order valence-electron chi connectivity index (χ3n) is 3.57. The maximum Gasteiger partial charge on any atom is 0.332 e. The van der Waals surface area contributed by atoms with E-state index in [0.29, 0.717) is 5.56 Å². The maximum absolute atomic E-state index is 12.0. The van der Waals surface area contributed by atoms with Crippen LogP contribution in [-0.2, 0) is 14.1 Å². The van der Waals surface area contributed by atoms with Crippen molar-refractivity contribution in [1.29, 1.82) is 0 Å². The van der Waals surface area contributed by atoms with Crippen molar-refractivity contribution in [3.8, 4) is 0 Å². The fourth-order valence-corrected chi connectivity index (χ4v) is 2.28. The van der Waals surface area contributed by atoms with E-state index in [1.54, 1.807) is 24.3 Å². The third-order valence-corrected chi connectivity index (χ3v) is 3.57. The zero-order valence-corrected chi connectivity index (χ0v) is 12.1. The van der Waals surface area contributed by atoms with Crippen molar-refractivity contribution < 1.29 is 5.11 Å². The Kier molecular flexibility index (Phi) is 3.34. The van der Waals surface area contributed by atoms with Crippen molar-refractivity contribution >= 4 is 11.2 Å². The van der Waals surface area contributed by atoms with Gasteiger partial charge in [-0.15, -0.1) is 0 Å². The Morgan fingerprint density at radius 3 is 2.45 bits per heavy atom. The fourth-order valence-electron chi connectivity index (χ4n) is 2.28. The summed E-state index contributed by atoms with van der Waals surface area (Å²) in [6.45, 7) is 0. The summed E-state index contributed by atoms with van der Waals surface area (Å²) in [6, 6.07) is 8.98. The molecular formula is C15H14N4O3. The highest BCUT2D eigenvalue weighted by Crippen LogP contribution is 2.19. The van der Waals surface area contributed by atoms with Crippen LogP contribution in [0.1, 0.15) is 17.4 Å². The quantitative estimate of drug-likeness (QED) is 0.725. The second-order valence-electron chi connectivity index (χ2n) is 4.99. The highest BCUT2D eigenvalue weighted by molar-refractivity contribution is 5.68. The molecule has 0 aliphatic rings. The summed E-state index contributed by atoms with van der Waals surface area (Å²) in [4.78, 5) is 32.3. The summed E-state index contributed by atoms with van der Waals surface area (Å²) < 4.78 is 2.22. The lowest BCUT2D eigenvalue weighted by molar-refractivity contribution is 0.215. The van der Waals surface area contributed by atoms with Gasteiger partial charge in [0.2, 0.25) is 0 Å². The zero-order chi connectivity index (χ0) is 15.9. The molecule has 0 fully saturated rings. The molecule has 3 rings (SSSR count). The number of hydrogen-bond donors (Lipinski definition) is 1. The van der Waals surface area contributed by atoms with E-state index in [1.165, 1.54) is 24.9 Å². The predicted molar refractivity (Wildman–Crippen MR) is 80.5 cm³/mol. The summed E-state index contributed by atoms with van der Waals surface area (Å²) in [5.41, 5.74) is 0.186. The summed E-state index contributed by atoms with van der Waals surface area (Å²) in [7, 11) is 2.90. The molecule has 1 unspecified atom stereocenters. The summed E-state index contributed by atoms with van der Waals surface area (Å²) in [5, 5.41) is 10.4. The first-order valence-electron chi connectivity index (χ1n) is 6.66. The van der Waals surface area contributed by atoms with Crippen LogP contribution in [0.2, 0.25) is 0 Å². The number of nitrogens with zero attached hydrogens (tertiary/aromatic N) is 4. The Labute approximate surface area is 125 Å². The van der Waals surface area contributed by atoms with Crippen molar-refractivity contribution in [3.05, 3.63) is 68.6 Å².